The second kappa shape index (κ2) is 5.26. The van der Waals surface area contributed by atoms with Crippen molar-refractivity contribution in [2.75, 3.05) is 12.4 Å². The predicted octanol–water partition coefficient (Wildman–Crippen LogP) is 2.14. The standard InChI is InChI=1S/C9H17N3OS/c1-6(2)7(3)13-5-8-11-12-9(10-4)14-8/h6-7H,5H2,1-4H3,(H,10,12). The SMILES string of the molecule is CNc1nnc(COC(C)C(C)C)s1. The van der Waals surface area contributed by atoms with Gasteiger partial charge in [0.25, 0.3) is 0 Å². The molecule has 0 aromatic carbocycles. The summed E-state index contributed by atoms with van der Waals surface area (Å²) in [4.78, 5) is 0. The molecule has 0 saturated carbocycles. The Morgan fingerprint density at radius 2 is 2.07 bits per heavy atom. The Kier molecular flexibility index (Phi) is 4.28. The van der Waals surface area contributed by atoms with Crippen molar-refractivity contribution in [2.45, 2.75) is 33.5 Å². The minimum absolute atomic E-state index is 0.261. The molecule has 1 aromatic rings. The lowest BCUT2D eigenvalue weighted by molar-refractivity contribution is 0.0232. The first-order valence-corrected chi connectivity index (χ1v) is 5.57. The summed E-state index contributed by atoms with van der Waals surface area (Å²) in [7, 11) is 1.84. The number of rotatable bonds is 5. The normalized spacial score (nSPS) is 13.2. The largest absolute Gasteiger partial charge is 0.371 e. The van der Waals surface area contributed by atoms with Crippen molar-refractivity contribution in [1.29, 1.82) is 0 Å². The molecule has 80 valence electrons. The topological polar surface area (TPSA) is 47.0 Å². The predicted molar refractivity (Wildman–Crippen MR) is 58.5 cm³/mol. The van der Waals surface area contributed by atoms with Gasteiger partial charge in [0, 0.05) is 7.05 Å². The molecule has 0 radical (unpaired) electrons. The maximum atomic E-state index is 5.63. The highest BCUT2D eigenvalue weighted by Gasteiger charge is 2.09. The fourth-order valence-corrected chi connectivity index (χ4v) is 1.42. The molecule has 0 spiro atoms. The van der Waals surface area contributed by atoms with Crippen LogP contribution < -0.4 is 5.32 Å². The van der Waals surface area contributed by atoms with E-state index in [1.807, 2.05) is 7.05 Å². The number of anilines is 1. The van der Waals surface area contributed by atoms with Gasteiger partial charge in [0.2, 0.25) is 5.13 Å². The molecule has 4 nitrogen and oxygen atoms in total. The molecule has 1 heterocycles. The van der Waals surface area contributed by atoms with Gasteiger partial charge in [0.1, 0.15) is 11.6 Å². The lowest BCUT2D eigenvalue weighted by atomic mass is 10.1. The summed E-state index contributed by atoms with van der Waals surface area (Å²) >= 11 is 1.53. The van der Waals surface area contributed by atoms with Gasteiger partial charge in [-0.1, -0.05) is 25.2 Å². The van der Waals surface area contributed by atoms with Crippen LogP contribution in [0.3, 0.4) is 0 Å². The van der Waals surface area contributed by atoms with Gasteiger partial charge >= 0.3 is 0 Å². The Balaban J connectivity index is 2.37. The summed E-state index contributed by atoms with van der Waals surface area (Å²) in [6, 6.07) is 0. The summed E-state index contributed by atoms with van der Waals surface area (Å²) in [5.41, 5.74) is 0. The Morgan fingerprint density at radius 3 is 2.57 bits per heavy atom. The summed E-state index contributed by atoms with van der Waals surface area (Å²) in [6.07, 6.45) is 0.261. The monoisotopic (exact) mass is 215 g/mol. The van der Waals surface area contributed by atoms with E-state index in [9.17, 15) is 0 Å². The van der Waals surface area contributed by atoms with Gasteiger partial charge in [-0.25, -0.2) is 0 Å². The van der Waals surface area contributed by atoms with Crippen LogP contribution in [0.2, 0.25) is 0 Å². The summed E-state index contributed by atoms with van der Waals surface area (Å²) in [6.45, 7) is 6.91. The molecule has 14 heavy (non-hydrogen) atoms. The number of hydrogen-bond donors (Lipinski definition) is 1. The van der Waals surface area contributed by atoms with Crippen molar-refractivity contribution in [3.63, 3.8) is 0 Å². The van der Waals surface area contributed by atoms with Gasteiger partial charge in [0.05, 0.1) is 6.10 Å². The summed E-state index contributed by atoms with van der Waals surface area (Å²) in [5.74, 6) is 0.534. The number of nitrogens with zero attached hydrogens (tertiary/aromatic N) is 2. The fourth-order valence-electron chi connectivity index (χ4n) is 0.808. The molecule has 1 unspecified atom stereocenters. The number of nitrogens with one attached hydrogen (secondary N) is 1. The third-order valence-electron chi connectivity index (χ3n) is 2.09. The first kappa shape index (κ1) is 11.4. The zero-order valence-corrected chi connectivity index (χ0v) is 9.89. The van der Waals surface area contributed by atoms with E-state index in [0.717, 1.165) is 10.1 Å². The third-order valence-corrected chi connectivity index (χ3v) is 3.00. The average Bonchev–Trinajstić information content (AvgIpc) is 2.61. The third kappa shape index (κ3) is 3.23. The van der Waals surface area contributed by atoms with Gasteiger partial charge in [0.15, 0.2) is 0 Å². The highest BCUT2D eigenvalue weighted by molar-refractivity contribution is 7.15. The first-order valence-electron chi connectivity index (χ1n) is 4.75. The molecule has 0 aliphatic carbocycles. The molecule has 1 rings (SSSR count). The van der Waals surface area contributed by atoms with Crippen molar-refractivity contribution in [2.24, 2.45) is 5.92 Å². The smallest absolute Gasteiger partial charge is 0.205 e. The molecule has 0 saturated heterocycles. The minimum atomic E-state index is 0.261. The van der Waals surface area contributed by atoms with Crippen LogP contribution in [0.4, 0.5) is 5.13 Å². The van der Waals surface area contributed by atoms with Crippen molar-refractivity contribution in [3.05, 3.63) is 5.01 Å². The van der Waals surface area contributed by atoms with Crippen LogP contribution in [0, 0.1) is 5.92 Å². The molecule has 1 atom stereocenters. The van der Waals surface area contributed by atoms with Gasteiger partial charge in [-0.05, 0) is 12.8 Å². The number of hydrogen-bond acceptors (Lipinski definition) is 5. The molecule has 1 aromatic heterocycles. The van der Waals surface area contributed by atoms with E-state index < -0.39 is 0 Å². The van der Waals surface area contributed by atoms with E-state index in [1.54, 1.807) is 0 Å². The van der Waals surface area contributed by atoms with E-state index in [0.29, 0.717) is 12.5 Å². The van der Waals surface area contributed by atoms with Crippen LogP contribution in [0.25, 0.3) is 0 Å². The van der Waals surface area contributed by atoms with Crippen molar-refractivity contribution < 1.29 is 4.74 Å². The number of ether oxygens (including phenoxy) is 1. The van der Waals surface area contributed by atoms with Crippen molar-refractivity contribution in [3.8, 4) is 0 Å². The Labute approximate surface area is 88.7 Å². The number of aromatic nitrogens is 2. The van der Waals surface area contributed by atoms with Crippen LogP contribution in [0.1, 0.15) is 25.8 Å². The van der Waals surface area contributed by atoms with Crippen LogP contribution in [0.15, 0.2) is 0 Å². The van der Waals surface area contributed by atoms with Crippen molar-refractivity contribution in [1.82, 2.24) is 10.2 Å². The van der Waals surface area contributed by atoms with Crippen LogP contribution in [-0.4, -0.2) is 23.3 Å². The van der Waals surface area contributed by atoms with E-state index in [2.05, 4.69) is 36.3 Å². The second-order valence-electron chi connectivity index (χ2n) is 3.51. The van der Waals surface area contributed by atoms with E-state index in [-0.39, 0.29) is 6.10 Å². The fraction of sp³-hybridized carbons (Fsp3) is 0.778. The minimum Gasteiger partial charge on any atom is -0.371 e. The molecular formula is C9H17N3OS. The highest BCUT2D eigenvalue weighted by Crippen LogP contribution is 2.16. The Hall–Kier alpha value is -0.680. The molecule has 0 aliphatic rings. The summed E-state index contributed by atoms with van der Waals surface area (Å²) < 4.78 is 5.63. The molecule has 1 N–H and O–H groups in total. The molecule has 0 aliphatic heterocycles. The van der Waals surface area contributed by atoms with E-state index in [1.165, 1.54) is 11.3 Å². The van der Waals surface area contributed by atoms with Crippen LogP contribution >= 0.6 is 11.3 Å². The lowest BCUT2D eigenvalue weighted by Gasteiger charge is -2.14. The lowest BCUT2D eigenvalue weighted by Crippen LogP contribution is -2.14. The average molecular weight is 215 g/mol. The molecule has 5 heteroatoms. The molecular weight excluding hydrogens is 198 g/mol. The molecule has 0 amide bonds. The maximum absolute atomic E-state index is 5.63. The molecule has 0 bridgehead atoms. The molecule has 0 fully saturated rings. The Bertz CT molecular complexity index is 275. The second-order valence-corrected chi connectivity index (χ2v) is 4.57. The van der Waals surface area contributed by atoms with Gasteiger partial charge in [-0.15, -0.1) is 10.2 Å². The van der Waals surface area contributed by atoms with Crippen LogP contribution in [-0.2, 0) is 11.3 Å². The van der Waals surface area contributed by atoms with E-state index >= 15 is 0 Å². The zero-order chi connectivity index (χ0) is 10.6. The van der Waals surface area contributed by atoms with Crippen molar-refractivity contribution >= 4 is 16.5 Å². The van der Waals surface area contributed by atoms with Gasteiger partial charge in [-0.3, -0.25) is 0 Å². The quantitative estimate of drug-likeness (QED) is 0.817. The Morgan fingerprint density at radius 1 is 1.36 bits per heavy atom. The van der Waals surface area contributed by atoms with Gasteiger partial charge in [-0.2, -0.15) is 0 Å². The van der Waals surface area contributed by atoms with Gasteiger partial charge < -0.3 is 10.1 Å². The maximum Gasteiger partial charge on any atom is 0.205 e. The van der Waals surface area contributed by atoms with E-state index in [4.69, 9.17) is 4.74 Å². The first-order chi connectivity index (χ1) is 6.63. The zero-order valence-electron chi connectivity index (χ0n) is 9.07. The summed E-state index contributed by atoms with van der Waals surface area (Å²) in [5, 5.41) is 12.6. The highest BCUT2D eigenvalue weighted by atomic mass is 32.1. The van der Waals surface area contributed by atoms with Crippen LogP contribution in [0.5, 0.6) is 0 Å².